The summed E-state index contributed by atoms with van der Waals surface area (Å²) in [6.45, 7) is 6.90. The molecule has 0 saturated heterocycles. The predicted molar refractivity (Wildman–Crippen MR) is 20.2 cm³/mol. The van der Waals surface area contributed by atoms with E-state index in [9.17, 15) is 0 Å². The maximum atomic E-state index is 3.49. The number of hydrogen-bond acceptors (Lipinski definition) is 0. The molecule has 0 amide bonds. The minimum absolute atomic E-state index is 0. The molecule has 1 heteroatoms. The van der Waals surface area contributed by atoms with E-state index in [1.54, 1.807) is 6.08 Å². The Morgan fingerprint density at radius 1 is 1.80 bits per heavy atom. The van der Waals surface area contributed by atoms with Gasteiger partial charge in [0.1, 0.15) is 0 Å². The third-order valence-corrected chi connectivity index (χ3v) is 0.204. The van der Waals surface area contributed by atoms with Crippen LogP contribution in [-0.2, 0) is 32.7 Å². The van der Waals surface area contributed by atoms with E-state index in [1.165, 1.54) is 0 Å². The Balaban J connectivity index is 0. The van der Waals surface area contributed by atoms with E-state index in [-0.39, 0.29) is 32.7 Å². The number of rotatable bonds is 1. The largest absolute Gasteiger partial charge is 0.340 e. The molecule has 27 valence electrons. The molecule has 1 radical (unpaired) electrons. The first kappa shape index (κ1) is 9.28. The van der Waals surface area contributed by atoms with Gasteiger partial charge in [-0.15, -0.1) is 12.7 Å². The first-order chi connectivity index (χ1) is 1.91. The van der Waals surface area contributed by atoms with Gasteiger partial charge in [-0.3, -0.25) is 0 Å². The summed E-state index contributed by atoms with van der Waals surface area (Å²) in [6, 6.07) is 0. The van der Waals surface area contributed by atoms with Crippen molar-refractivity contribution in [3.8, 4) is 0 Å². The van der Waals surface area contributed by atoms with E-state index < -0.39 is 0 Å². The van der Waals surface area contributed by atoms with E-state index in [2.05, 4.69) is 13.5 Å². The second-order valence-electron chi connectivity index (χ2n) is 0.577. The normalized spacial score (nSPS) is 5.00. The molecular formula is C4H7Y-. The molecular weight excluding hydrogens is 137 g/mol. The van der Waals surface area contributed by atoms with Crippen molar-refractivity contribution in [1.29, 1.82) is 0 Å². The molecule has 0 aliphatic heterocycles. The maximum Gasteiger partial charge on any atom is 0 e. The molecule has 0 heterocycles. The van der Waals surface area contributed by atoms with Gasteiger partial charge in [-0.1, -0.05) is 0 Å². The molecule has 0 aliphatic carbocycles. The smallest absolute Gasteiger partial charge is 0 e. The van der Waals surface area contributed by atoms with Gasteiger partial charge >= 0.3 is 0 Å². The van der Waals surface area contributed by atoms with Gasteiger partial charge < -0.3 is 6.92 Å². The van der Waals surface area contributed by atoms with Crippen LogP contribution in [0.2, 0.25) is 0 Å². The minimum atomic E-state index is 0. The average Bonchev–Trinajstić information content (AvgIpc) is 1.37. The Bertz CT molecular complexity index is 17.6. The molecule has 0 saturated carbocycles. The van der Waals surface area contributed by atoms with Gasteiger partial charge in [0.15, 0.2) is 0 Å². The summed E-state index contributed by atoms with van der Waals surface area (Å²) in [5.74, 6) is 0. The molecule has 0 unspecified atom stereocenters. The molecule has 0 bridgehead atoms. The zero-order chi connectivity index (χ0) is 3.41. The fourth-order valence-corrected chi connectivity index (χ4v) is 0. The van der Waals surface area contributed by atoms with Gasteiger partial charge in [0, 0.05) is 32.7 Å². The molecule has 0 aromatic rings. The Kier molecular flexibility index (Phi) is 16.4. The summed E-state index contributed by atoms with van der Waals surface area (Å²) in [5, 5.41) is 0. The Hall–Kier alpha value is 0.844. The van der Waals surface area contributed by atoms with Crippen molar-refractivity contribution in [3.05, 3.63) is 19.6 Å². The third kappa shape index (κ3) is 11.5. The zero-order valence-electron chi connectivity index (χ0n) is 3.28. The fourth-order valence-electron chi connectivity index (χ4n) is 0. The SMILES string of the molecule is C=CC[CH2-].[Y]. The predicted octanol–water partition coefficient (Wildman–Crippen LogP) is 1.39. The van der Waals surface area contributed by atoms with Crippen molar-refractivity contribution >= 4 is 0 Å². The fraction of sp³-hybridized carbons (Fsp3) is 0.250. The molecule has 0 N–H and O–H groups in total. The molecule has 0 nitrogen and oxygen atoms in total. The van der Waals surface area contributed by atoms with Crippen LogP contribution >= 0.6 is 0 Å². The Labute approximate surface area is 58.5 Å². The summed E-state index contributed by atoms with van der Waals surface area (Å²) >= 11 is 0. The van der Waals surface area contributed by atoms with Crippen LogP contribution in [0.25, 0.3) is 0 Å². The zero-order valence-corrected chi connectivity index (χ0v) is 6.11. The van der Waals surface area contributed by atoms with Crippen molar-refractivity contribution in [2.24, 2.45) is 0 Å². The molecule has 0 fully saturated rings. The number of allylic oxidation sites excluding steroid dienone is 1. The molecule has 0 rings (SSSR count). The molecule has 0 aliphatic rings. The van der Waals surface area contributed by atoms with Crippen LogP contribution in [0, 0.1) is 6.92 Å². The van der Waals surface area contributed by atoms with Gasteiger partial charge in [0.05, 0.1) is 0 Å². The molecule has 0 atom stereocenters. The third-order valence-electron chi connectivity index (χ3n) is 0.204. The van der Waals surface area contributed by atoms with Crippen LogP contribution < -0.4 is 0 Å². The van der Waals surface area contributed by atoms with E-state index in [4.69, 9.17) is 0 Å². The Morgan fingerprint density at radius 2 is 2.00 bits per heavy atom. The van der Waals surface area contributed by atoms with Crippen molar-refractivity contribution in [3.63, 3.8) is 0 Å². The summed E-state index contributed by atoms with van der Waals surface area (Å²) in [5.41, 5.74) is 0. The van der Waals surface area contributed by atoms with Crippen LogP contribution in [0.5, 0.6) is 0 Å². The second-order valence-corrected chi connectivity index (χ2v) is 0.577. The molecule has 0 aromatic carbocycles. The van der Waals surface area contributed by atoms with Crippen molar-refractivity contribution in [2.75, 3.05) is 0 Å². The van der Waals surface area contributed by atoms with Crippen molar-refractivity contribution in [2.45, 2.75) is 6.42 Å². The van der Waals surface area contributed by atoms with Crippen LogP contribution in [-0.4, -0.2) is 0 Å². The molecule has 0 aromatic heterocycles. The van der Waals surface area contributed by atoms with Crippen LogP contribution in [0.3, 0.4) is 0 Å². The second kappa shape index (κ2) is 8.85. The Morgan fingerprint density at radius 3 is 2.00 bits per heavy atom. The standard InChI is InChI=1S/C4H7.Y/c1-3-4-2;/h3H,1-2,4H2;/q-1;. The van der Waals surface area contributed by atoms with E-state index in [0.29, 0.717) is 0 Å². The topological polar surface area (TPSA) is 0 Å². The van der Waals surface area contributed by atoms with Gasteiger partial charge in [0.25, 0.3) is 0 Å². The van der Waals surface area contributed by atoms with Gasteiger partial charge in [-0.25, -0.2) is 0 Å². The van der Waals surface area contributed by atoms with Gasteiger partial charge in [0.2, 0.25) is 0 Å². The first-order valence-corrected chi connectivity index (χ1v) is 1.32. The van der Waals surface area contributed by atoms with Crippen LogP contribution in [0.4, 0.5) is 0 Å². The summed E-state index contributed by atoms with van der Waals surface area (Å²) in [6.07, 6.45) is 2.60. The maximum absolute atomic E-state index is 3.49. The van der Waals surface area contributed by atoms with E-state index in [1.807, 2.05) is 0 Å². The van der Waals surface area contributed by atoms with Gasteiger partial charge in [-0.2, -0.15) is 6.42 Å². The van der Waals surface area contributed by atoms with Crippen molar-refractivity contribution in [1.82, 2.24) is 0 Å². The average molecular weight is 144 g/mol. The van der Waals surface area contributed by atoms with E-state index in [0.717, 1.165) is 6.42 Å². The van der Waals surface area contributed by atoms with E-state index >= 15 is 0 Å². The van der Waals surface area contributed by atoms with Gasteiger partial charge in [-0.05, 0) is 0 Å². The number of hydrogen-bond donors (Lipinski definition) is 0. The monoisotopic (exact) mass is 144 g/mol. The molecule has 0 spiro atoms. The van der Waals surface area contributed by atoms with Crippen LogP contribution in [0.15, 0.2) is 12.7 Å². The quantitative estimate of drug-likeness (QED) is 0.385. The molecule has 5 heavy (non-hydrogen) atoms. The summed E-state index contributed by atoms with van der Waals surface area (Å²) in [4.78, 5) is 0. The minimum Gasteiger partial charge on any atom is -0.340 e. The van der Waals surface area contributed by atoms with Crippen LogP contribution in [0.1, 0.15) is 6.42 Å². The summed E-state index contributed by atoms with van der Waals surface area (Å²) in [7, 11) is 0. The summed E-state index contributed by atoms with van der Waals surface area (Å²) < 4.78 is 0. The first-order valence-electron chi connectivity index (χ1n) is 1.32. The van der Waals surface area contributed by atoms with Crippen molar-refractivity contribution < 1.29 is 32.7 Å².